The Bertz CT molecular complexity index is 1620. The van der Waals surface area contributed by atoms with Crippen LogP contribution in [0.25, 0.3) is 0 Å². The Labute approximate surface area is 303 Å². The van der Waals surface area contributed by atoms with E-state index in [-0.39, 0.29) is 48.5 Å². The van der Waals surface area contributed by atoms with Crippen LogP contribution in [0.4, 0.5) is 0 Å². The van der Waals surface area contributed by atoms with Crippen molar-refractivity contribution in [2.75, 3.05) is 27.4 Å². The zero-order valence-electron chi connectivity index (χ0n) is 32.0. The number of hydrogen-bond acceptors (Lipinski definition) is 10. The predicted molar refractivity (Wildman–Crippen MR) is 194 cm³/mol. The number of Topliss-reactive ketones (excluding diaryl/α,β-unsaturated/α-hetero) is 1. The molecule has 1 aliphatic carbocycles. The summed E-state index contributed by atoms with van der Waals surface area (Å²) in [5.41, 5.74) is 1.50. The van der Waals surface area contributed by atoms with Crippen molar-refractivity contribution in [2.24, 2.45) is 10.8 Å². The number of carbonyl (C=O) groups excluding carboxylic acids is 2. The molecular weight excluding hydrogens is 669 g/mol. The molecule has 11 heteroatoms. The van der Waals surface area contributed by atoms with Gasteiger partial charge in [-0.3, -0.25) is 9.59 Å². The first kappa shape index (κ1) is 39.0. The number of fused-ring (bicyclic) bond motifs is 1. The summed E-state index contributed by atoms with van der Waals surface area (Å²) in [4.78, 5) is 28.9. The summed E-state index contributed by atoms with van der Waals surface area (Å²) in [5, 5.41) is -0.0645. The van der Waals surface area contributed by atoms with Crippen molar-refractivity contribution in [1.29, 1.82) is 0 Å². The third-order valence-corrected chi connectivity index (χ3v) is 15.4. The van der Waals surface area contributed by atoms with Crippen LogP contribution < -0.4 is 4.74 Å². The fraction of sp³-hybridized carbons (Fsp3) is 0.600. The van der Waals surface area contributed by atoms with Crippen molar-refractivity contribution >= 4 is 20.1 Å². The largest absolute Gasteiger partial charge is 0.497 e. The second kappa shape index (κ2) is 15.0. The SMILES string of the molecule is COC(=O)[C@@]1(C[C@H](OCc2ccc(OC)cc2)c2ccoc2)Cc2c(coc2CC2(C)OCC(C)(C)CO2)[C@@H](O[Si](C)(C)C(C)(C)C)CCC1=O. The third kappa shape index (κ3) is 8.71. The van der Waals surface area contributed by atoms with E-state index in [1.54, 1.807) is 32.0 Å². The minimum absolute atomic E-state index is 0.0322. The summed E-state index contributed by atoms with van der Waals surface area (Å²) >= 11 is 0. The maximum atomic E-state index is 14.7. The van der Waals surface area contributed by atoms with Crippen LogP contribution in [0.2, 0.25) is 18.1 Å². The van der Waals surface area contributed by atoms with Crippen molar-refractivity contribution < 1.29 is 46.5 Å². The Morgan fingerprint density at radius 3 is 2.29 bits per heavy atom. The van der Waals surface area contributed by atoms with Crippen molar-refractivity contribution in [2.45, 2.75) is 116 Å². The van der Waals surface area contributed by atoms with Crippen molar-refractivity contribution in [3.63, 3.8) is 0 Å². The first-order valence-electron chi connectivity index (χ1n) is 17.8. The van der Waals surface area contributed by atoms with E-state index in [2.05, 4.69) is 47.7 Å². The lowest BCUT2D eigenvalue weighted by atomic mass is 9.69. The van der Waals surface area contributed by atoms with E-state index in [1.165, 1.54) is 7.11 Å². The molecule has 0 radical (unpaired) electrons. The van der Waals surface area contributed by atoms with Gasteiger partial charge in [-0.15, -0.1) is 0 Å². The van der Waals surface area contributed by atoms with Gasteiger partial charge in [0.2, 0.25) is 0 Å². The Morgan fingerprint density at radius 1 is 1.02 bits per heavy atom. The van der Waals surface area contributed by atoms with Gasteiger partial charge in [0.15, 0.2) is 19.9 Å². The predicted octanol–water partition coefficient (Wildman–Crippen LogP) is 8.69. The van der Waals surface area contributed by atoms with Gasteiger partial charge < -0.3 is 36.9 Å². The second-order valence-corrected chi connectivity index (χ2v) is 21.4. The van der Waals surface area contributed by atoms with Crippen LogP contribution in [0, 0.1) is 10.8 Å². The van der Waals surface area contributed by atoms with E-state index in [0.29, 0.717) is 31.0 Å². The Kier molecular flexibility index (Phi) is 11.5. The highest BCUT2D eigenvalue weighted by atomic mass is 28.4. The summed E-state index contributed by atoms with van der Waals surface area (Å²) in [6.45, 7) is 18.4. The summed E-state index contributed by atoms with van der Waals surface area (Å²) in [7, 11) is 0.652. The number of rotatable bonds is 12. The monoisotopic (exact) mass is 724 g/mol. The summed E-state index contributed by atoms with van der Waals surface area (Å²) in [6, 6.07) is 9.38. The highest BCUT2D eigenvalue weighted by Gasteiger charge is 2.52. The lowest BCUT2D eigenvalue weighted by Crippen LogP contribution is -2.48. The number of esters is 1. The summed E-state index contributed by atoms with van der Waals surface area (Å²) in [6.07, 6.45) is 4.69. The Hall–Kier alpha value is -3.22. The van der Waals surface area contributed by atoms with Gasteiger partial charge in [-0.25, -0.2) is 0 Å². The molecule has 3 heterocycles. The molecule has 51 heavy (non-hydrogen) atoms. The van der Waals surface area contributed by atoms with Crippen molar-refractivity contribution in [3.8, 4) is 5.75 Å². The first-order valence-corrected chi connectivity index (χ1v) is 20.7. The van der Waals surface area contributed by atoms with E-state index in [0.717, 1.165) is 22.4 Å². The first-order chi connectivity index (χ1) is 23.9. The number of carbonyl (C=O) groups is 2. The molecule has 280 valence electrons. The van der Waals surface area contributed by atoms with E-state index in [4.69, 9.17) is 36.9 Å². The zero-order valence-corrected chi connectivity index (χ0v) is 33.0. The molecule has 0 amide bonds. The van der Waals surface area contributed by atoms with Crippen LogP contribution >= 0.6 is 0 Å². The minimum atomic E-state index is -2.29. The molecule has 1 aromatic carbocycles. The molecule has 0 N–H and O–H groups in total. The van der Waals surface area contributed by atoms with Gasteiger partial charge >= 0.3 is 5.97 Å². The molecule has 3 atom stereocenters. The molecule has 0 unspecified atom stereocenters. The Morgan fingerprint density at radius 2 is 1.71 bits per heavy atom. The van der Waals surface area contributed by atoms with Crippen molar-refractivity contribution in [1.82, 2.24) is 0 Å². The number of ether oxygens (including phenoxy) is 5. The fourth-order valence-electron chi connectivity index (χ4n) is 6.56. The van der Waals surface area contributed by atoms with Gasteiger partial charge in [-0.05, 0) is 61.7 Å². The fourth-order valence-corrected chi connectivity index (χ4v) is 7.87. The smallest absolute Gasteiger partial charge is 0.319 e. The normalized spacial score (nSPS) is 22.8. The molecule has 1 saturated heterocycles. The van der Waals surface area contributed by atoms with E-state index >= 15 is 0 Å². The van der Waals surface area contributed by atoms with Crippen molar-refractivity contribution in [3.05, 3.63) is 77.1 Å². The Balaban J connectivity index is 1.56. The van der Waals surface area contributed by atoms with Crippen LogP contribution in [0.15, 0.2) is 58.0 Å². The van der Waals surface area contributed by atoms with Gasteiger partial charge in [0.05, 0.1) is 71.5 Å². The van der Waals surface area contributed by atoms with Gasteiger partial charge in [0.25, 0.3) is 0 Å². The second-order valence-electron chi connectivity index (χ2n) is 16.6. The van der Waals surface area contributed by atoms with Gasteiger partial charge in [0, 0.05) is 34.9 Å². The zero-order chi connectivity index (χ0) is 37.2. The molecule has 2 aliphatic rings. The molecule has 10 nitrogen and oxygen atoms in total. The van der Waals surface area contributed by atoms with E-state index in [9.17, 15) is 9.59 Å². The maximum absolute atomic E-state index is 14.7. The molecule has 0 bridgehead atoms. The maximum Gasteiger partial charge on any atom is 0.319 e. The van der Waals surface area contributed by atoms with Gasteiger partial charge in [0.1, 0.15) is 16.9 Å². The summed E-state index contributed by atoms with van der Waals surface area (Å²) in [5.74, 6) is -0.473. The average molecular weight is 725 g/mol. The third-order valence-electron chi connectivity index (χ3n) is 10.9. The number of benzene rings is 1. The average Bonchev–Trinajstić information content (AvgIpc) is 3.75. The molecule has 3 aromatic rings. The molecule has 0 saturated carbocycles. The molecule has 1 fully saturated rings. The number of hydrogen-bond donors (Lipinski definition) is 0. The van der Waals surface area contributed by atoms with E-state index < -0.39 is 37.7 Å². The number of ketones is 1. The quantitative estimate of drug-likeness (QED) is 0.102. The molecular formula is C40H56O10Si. The highest BCUT2D eigenvalue weighted by molar-refractivity contribution is 6.74. The molecule has 1 aliphatic heterocycles. The minimum Gasteiger partial charge on any atom is -0.497 e. The lowest BCUT2D eigenvalue weighted by Gasteiger charge is -2.42. The number of furan rings is 2. The molecule has 5 rings (SSSR count). The van der Waals surface area contributed by atoms with E-state index in [1.807, 2.05) is 31.2 Å². The van der Waals surface area contributed by atoms with Gasteiger partial charge in [-0.1, -0.05) is 46.8 Å². The molecule has 0 spiro atoms. The van der Waals surface area contributed by atoms with Crippen LogP contribution in [-0.2, 0) is 52.4 Å². The highest BCUT2D eigenvalue weighted by Crippen LogP contribution is 2.48. The number of methoxy groups -OCH3 is 2. The molecule has 2 aromatic heterocycles. The van der Waals surface area contributed by atoms with Crippen LogP contribution in [0.3, 0.4) is 0 Å². The van der Waals surface area contributed by atoms with Gasteiger partial charge in [-0.2, -0.15) is 0 Å². The van der Waals surface area contributed by atoms with Crippen LogP contribution in [-0.4, -0.2) is 53.3 Å². The standard InChI is InChI=1S/C40H56O10Si/c1-37(2,3)51(9,10)50-32-15-16-35(41)40(36(42)44-8,19-30-31(32)24-47-34(30)20-39(6)48-25-38(4,5)26-49-39)21-33(28-17-18-45-23-28)46-22-27-11-13-29(43-7)14-12-27/h11-14,17-18,23-24,32-33H,15-16,19-22,25-26H2,1-10H3/t32-,33-,40+/m0/s1. The van der Waals surface area contributed by atoms with Crippen LogP contribution in [0.1, 0.15) is 101 Å². The summed E-state index contributed by atoms with van der Waals surface area (Å²) < 4.78 is 48.8. The lowest BCUT2D eigenvalue weighted by molar-refractivity contribution is -0.289. The van der Waals surface area contributed by atoms with Crippen LogP contribution in [0.5, 0.6) is 5.75 Å². The topological polar surface area (TPSA) is 116 Å².